The highest BCUT2D eigenvalue weighted by Crippen LogP contribution is 2.28. The molecule has 0 atom stereocenters. The van der Waals surface area contributed by atoms with Crippen LogP contribution >= 0.6 is 22.6 Å². The number of para-hydroxylation sites is 1. The van der Waals surface area contributed by atoms with Crippen LogP contribution in [-0.4, -0.2) is 11.0 Å². The second kappa shape index (κ2) is 5.01. The fraction of sp³-hybridized carbons (Fsp3) is 0.500. The van der Waals surface area contributed by atoms with E-state index in [9.17, 15) is 0 Å². The number of benzene rings is 1. The van der Waals surface area contributed by atoms with Crippen molar-refractivity contribution in [3.05, 3.63) is 29.8 Å². The van der Waals surface area contributed by atoms with Crippen LogP contribution in [0.2, 0.25) is 0 Å². The van der Waals surface area contributed by atoms with E-state index in [1.165, 1.54) is 11.3 Å². The first-order valence-electron chi connectivity index (χ1n) is 4.95. The molecule has 0 saturated carbocycles. The Morgan fingerprint density at radius 2 is 1.86 bits per heavy atom. The molecule has 0 unspecified atom stereocenters. The second-order valence-electron chi connectivity index (χ2n) is 4.41. The summed E-state index contributed by atoms with van der Waals surface area (Å²) in [6.07, 6.45) is 0. The summed E-state index contributed by atoms with van der Waals surface area (Å²) in [4.78, 5) is 0. The Hall–Kier alpha value is -0.250. The minimum atomic E-state index is 0.217. The van der Waals surface area contributed by atoms with Crippen molar-refractivity contribution in [2.24, 2.45) is 0 Å². The molecule has 1 aromatic rings. The van der Waals surface area contributed by atoms with Crippen LogP contribution in [0.25, 0.3) is 0 Å². The summed E-state index contributed by atoms with van der Waals surface area (Å²) in [5.41, 5.74) is 2.89. The lowest BCUT2D eigenvalue weighted by Crippen LogP contribution is -2.15. The summed E-state index contributed by atoms with van der Waals surface area (Å²) in [5.74, 6) is 0. The smallest absolute Gasteiger partial charge is 0.0378 e. The highest BCUT2D eigenvalue weighted by atomic mass is 127. The largest absolute Gasteiger partial charge is 0.384 e. The van der Waals surface area contributed by atoms with E-state index < -0.39 is 0 Å². The molecule has 0 aliphatic rings. The molecule has 0 spiro atoms. The maximum atomic E-state index is 3.46. The van der Waals surface area contributed by atoms with Crippen molar-refractivity contribution in [1.29, 1.82) is 0 Å². The summed E-state index contributed by atoms with van der Waals surface area (Å²) in [5, 5.41) is 3.46. The molecule has 0 aliphatic heterocycles. The molecule has 1 rings (SSSR count). The summed E-state index contributed by atoms with van der Waals surface area (Å²) >= 11 is 2.38. The van der Waals surface area contributed by atoms with Gasteiger partial charge in [0.05, 0.1) is 0 Å². The molecule has 0 bridgehead atoms. The number of hydrogen-bond donors (Lipinski definition) is 1. The average molecular weight is 303 g/mol. The lowest BCUT2D eigenvalue weighted by Gasteiger charge is -2.23. The number of halogens is 1. The zero-order chi connectivity index (χ0) is 10.6. The highest BCUT2D eigenvalue weighted by molar-refractivity contribution is 14.1. The Balaban J connectivity index is 2.92. The van der Waals surface area contributed by atoms with Crippen molar-refractivity contribution in [1.82, 2.24) is 0 Å². The van der Waals surface area contributed by atoms with Crippen LogP contribution in [0.15, 0.2) is 24.3 Å². The predicted molar refractivity (Wildman–Crippen MR) is 72.5 cm³/mol. The van der Waals surface area contributed by atoms with Crippen molar-refractivity contribution in [2.45, 2.75) is 26.2 Å². The average Bonchev–Trinajstić information content (AvgIpc) is 2.14. The van der Waals surface area contributed by atoms with Gasteiger partial charge in [0.25, 0.3) is 0 Å². The molecule has 0 radical (unpaired) electrons. The standard InChI is InChI=1S/C12H18IN/c1-12(2,3)10-6-4-5-7-11(10)14-9-8-13/h4-7,14H,8-9H2,1-3H3. The van der Waals surface area contributed by atoms with Gasteiger partial charge in [-0.25, -0.2) is 0 Å². The van der Waals surface area contributed by atoms with Gasteiger partial charge in [-0.15, -0.1) is 0 Å². The molecule has 0 amide bonds. The SMILES string of the molecule is CC(C)(C)c1ccccc1NCCI. The first kappa shape index (κ1) is 11.8. The molecule has 0 fully saturated rings. The van der Waals surface area contributed by atoms with E-state index >= 15 is 0 Å². The highest BCUT2D eigenvalue weighted by Gasteiger charge is 2.16. The minimum absolute atomic E-state index is 0.217. The van der Waals surface area contributed by atoms with E-state index in [1.54, 1.807) is 0 Å². The van der Waals surface area contributed by atoms with E-state index in [2.05, 4.69) is 72.9 Å². The number of nitrogens with one attached hydrogen (secondary N) is 1. The molecule has 0 heterocycles. The quantitative estimate of drug-likeness (QED) is 0.661. The summed E-state index contributed by atoms with van der Waals surface area (Å²) < 4.78 is 1.14. The molecule has 1 aromatic carbocycles. The van der Waals surface area contributed by atoms with E-state index in [0.717, 1.165) is 11.0 Å². The molecule has 0 aromatic heterocycles. The molecule has 1 N–H and O–H groups in total. The van der Waals surface area contributed by atoms with E-state index in [-0.39, 0.29) is 5.41 Å². The van der Waals surface area contributed by atoms with Gasteiger partial charge in [-0.3, -0.25) is 0 Å². The van der Waals surface area contributed by atoms with Crippen LogP contribution in [0.3, 0.4) is 0 Å². The van der Waals surface area contributed by atoms with Gasteiger partial charge < -0.3 is 5.32 Å². The third-order valence-electron chi connectivity index (χ3n) is 2.15. The van der Waals surface area contributed by atoms with Crippen LogP contribution in [0.4, 0.5) is 5.69 Å². The van der Waals surface area contributed by atoms with Gasteiger partial charge in [0.2, 0.25) is 0 Å². The third-order valence-corrected chi connectivity index (χ3v) is 2.68. The topological polar surface area (TPSA) is 12.0 Å². The Bertz CT molecular complexity index is 289. The summed E-state index contributed by atoms with van der Waals surface area (Å²) in [6.45, 7) is 7.78. The van der Waals surface area contributed by atoms with Crippen molar-refractivity contribution < 1.29 is 0 Å². The minimum Gasteiger partial charge on any atom is -0.384 e. The van der Waals surface area contributed by atoms with Crippen molar-refractivity contribution in [3.8, 4) is 0 Å². The molecular formula is C12H18IN. The van der Waals surface area contributed by atoms with Gasteiger partial charge in [-0.1, -0.05) is 61.6 Å². The maximum absolute atomic E-state index is 3.46. The molecule has 2 heteroatoms. The Morgan fingerprint density at radius 3 is 2.43 bits per heavy atom. The normalized spacial score (nSPS) is 11.4. The van der Waals surface area contributed by atoms with Gasteiger partial charge in [-0.05, 0) is 17.0 Å². The zero-order valence-corrected chi connectivity index (χ0v) is 11.3. The molecule has 14 heavy (non-hydrogen) atoms. The number of rotatable bonds is 3. The third kappa shape index (κ3) is 3.15. The van der Waals surface area contributed by atoms with Crippen molar-refractivity contribution >= 4 is 28.3 Å². The van der Waals surface area contributed by atoms with Gasteiger partial charge in [0, 0.05) is 16.7 Å². The van der Waals surface area contributed by atoms with Gasteiger partial charge >= 0.3 is 0 Å². The maximum Gasteiger partial charge on any atom is 0.0378 e. The number of anilines is 1. The van der Waals surface area contributed by atoms with Gasteiger partial charge in [0.1, 0.15) is 0 Å². The first-order valence-corrected chi connectivity index (χ1v) is 6.47. The van der Waals surface area contributed by atoms with Crippen LogP contribution in [0.1, 0.15) is 26.3 Å². The first-order chi connectivity index (χ1) is 6.55. The fourth-order valence-corrected chi connectivity index (χ4v) is 1.74. The van der Waals surface area contributed by atoms with Crippen molar-refractivity contribution in [3.63, 3.8) is 0 Å². The summed E-state index contributed by atoms with van der Waals surface area (Å²) in [6, 6.07) is 8.56. The zero-order valence-electron chi connectivity index (χ0n) is 9.10. The lowest BCUT2D eigenvalue weighted by atomic mass is 9.86. The van der Waals surface area contributed by atoms with E-state index in [4.69, 9.17) is 0 Å². The monoisotopic (exact) mass is 303 g/mol. The summed E-state index contributed by atoms with van der Waals surface area (Å²) in [7, 11) is 0. The van der Waals surface area contributed by atoms with Crippen LogP contribution in [0, 0.1) is 0 Å². The van der Waals surface area contributed by atoms with Gasteiger partial charge in [-0.2, -0.15) is 0 Å². The number of hydrogen-bond acceptors (Lipinski definition) is 1. The molecule has 0 aliphatic carbocycles. The Kier molecular flexibility index (Phi) is 4.23. The predicted octanol–water partition coefficient (Wildman–Crippen LogP) is 3.83. The number of alkyl halides is 1. The van der Waals surface area contributed by atoms with Crippen LogP contribution in [0.5, 0.6) is 0 Å². The van der Waals surface area contributed by atoms with Crippen LogP contribution in [-0.2, 0) is 5.41 Å². The molecular weight excluding hydrogens is 285 g/mol. The lowest BCUT2D eigenvalue weighted by molar-refractivity contribution is 0.592. The van der Waals surface area contributed by atoms with E-state index in [0.29, 0.717) is 0 Å². The van der Waals surface area contributed by atoms with Gasteiger partial charge in [0.15, 0.2) is 0 Å². The Labute approximate surface area is 100 Å². The molecule has 78 valence electrons. The molecule has 0 saturated heterocycles. The molecule has 1 nitrogen and oxygen atoms in total. The second-order valence-corrected chi connectivity index (χ2v) is 5.49. The van der Waals surface area contributed by atoms with Crippen molar-refractivity contribution in [2.75, 3.05) is 16.3 Å². The van der Waals surface area contributed by atoms with E-state index in [1.807, 2.05) is 0 Å². The Morgan fingerprint density at radius 1 is 1.21 bits per heavy atom. The fourth-order valence-electron chi connectivity index (χ4n) is 1.47. The van der Waals surface area contributed by atoms with Crippen LogP contribution < -0.4 is 5.32 Å².